The van der Waals surface area contributed by atoms with Crippen LogP contribution in [0.2, 0.25) is 10.0 Å². The van der Waals surface area contributed by atoms with Crippen LogP contribution in [0, 0.1) is 26.1 Å². The monoisotopic (exact) mass is 579 g/mol. The molecular weight excluding hydrogens is 561 g/mol. The SMILES string of the molecule is COc1cc([N+](=O)[O-])cc2c1N[C@H](c1cccc(Cl)c1Cl)[C@@H]1C[C@H](Sc3ccccc3[N+](=O)[O-])[C@H](Cl)[C@@H]21. The number of nitrogens with one attached hydrogen (secondary N) is 1. The van der Waals surface area contributed by atoms with Crippen molar-refractivity contribution in [2.45, 2.75) is 33.9 Å². The van der Waals surface area contributed by atoms with E-state index in [4.69, 9.17) is 39.5 Å². The summed E-state index contributed by atoms with van der Waals surface area (Å²) >= 11 is 21.5. The maximum absolute atomic E-state index is 11.7. The molecule has 1 aliphatic carbocycles. The fourth-order valence-electron chi connectivity index (χ4n) is 5.38. The minimum atomic E-state index is -0.483. The van der Waals surface area contributed by atoms with Crippen molar-refractivity contribution in [3.05, 3.63) is 96.0 Å². The van der Waals surface area contributed by atoms with Gasteiger partial charge in [-0.15, -0.1) is 23.4 Å². The Balaban J connectivity index is 1.63. The number of benzene rings is 3. The molecule has 12 heteroatoms. The summed E-state index contributed by atoms with van der Waals surface area (Å²) in [6, 6.07) is 14.5. The Labute approximate surface area is 231 Å². The van der Waals surface area contributed by atoms with Crippen molar-refractivity contribution < 1.29 is 14.6 Å². The van der Waals surface area contributed by atoms with Crippen LogP contribution in [-0.2, 0) is 0 Å². The highest BCUT2D eigenvalue weighted by molar-refractivity contribution is 8.00. The van der Waals surface area contributed by atoms with E-state index in [9.17, 15) is 20.2 Å². The van der Waals surface area contributed by atoms with Gasteiger partial charge in [-0.3, -0.25) is 20.2 Å². The Morgan fingerprint density at radius 2 is 1.78 bits per heavy atom. The third kappa shape index (κ3) is 4.58. The van der Waals surface area contributed by atoms with Gasteiger partial charge in [-0.1, -0.05) is 47.5 Å². The normalized spacial score (nSPS) is 24.1. The average molecular weight is 581 g/mol. The van der Waals surface area contributed by atoms with Gasteiger partial charge in [0.25, 0.3) is 11.4 Å². The number of hydrogen-bond acceptors (Lipinski definition) is 7. The zero-order chi connectivity index (χ0) is 26.4. The molecule has 0 saturated heterocycles. The minimum absolute atomic E-state index is 0.0107. The smallest absolute Gasteiger partial charge is 0.282 e. The Morgan fingerprint density at radius 3 is 2.49 bits per heavy atom. The summed E-state index contributed by atoms with van der Waals surface area (Å²) in [5.74, 6) is -0.116. The summed E-state index contributed by atoms with van der Waals surface area (Å²) in [7, 11) is 1.45. The first-order chi connectivity index (χ1) is 17.7. The van der Waals surface area contributed by atoms with Crippen molar-refractivity contribution >= 4 is 63.6 Å². The molecule has 5 rings (SSSR count). The topological polar surface area (TPSA) is 108 Å². The molecule has 0 spiro atoms. The summed E-state index contributed by atoms with van der Waals surface area (Å²) in [4.78, 5) is 23.0. The molecule has 1 aliphatic heterocycles. The minimum Gasteiger partial charge on any atom is -0.494 e. The van der Waals surface area contributed by atoms with E-state index >= 15 is 0 Å². The number of alkyl halides is 1. The van der Waals surface area contributed by atoms with E-state index in [2.05, 4.69) is 5.32 Å². The van der Waals surface area contributed by atoms with Crippen LogP contribution < -0.4 is 10.1 Å². The van der Waals surface area contributed by atoms with Crippen LogP contribution in [0.25, 0.3) is 0 Å². The van der Waals surface area contributed by atoms with Gasteiger partial charge in [-0.25, -0.2) is 0 Å². The van der Waals surface area contributed by atoms with Crippen LogP contribution in [0.5, 0.6) is 5.75 Å². The van der Waals surface area contributed by atoms with E-state index < -0.39 is 15.2 Å². The average Bonchev–Trinajstić information content (AvgIpc) is 3.20. The summed E-state index contributed by atoms with van der Waals surface area (Å²) in [5, 5.41) is 26.9. The molecule has 1 saturated carbocycles. The lowest BCUT2D eigenvalue weighted by molar-refractivity contribution is -0.387. The Morgan fingerprint density at radius 1 is 1.03 bits per heavy atom. The Hall–Kier alpha value is -2.72. The first kappa shape index (κ1) is 25.9. The highest BCUT2D eigenvalue weighted by atomic mass is 35.5. The van der Waals surface area contributed by atoms with Gasteiger partial charge in [0, 0.05) is 23.3 Å². The molecule has 0 amide bonds. The predicted molar refractivity (Wildman–Crippen MR) is 146 cm³/mol. The van der Waals surface area contributed by atoms with Gasteiger partial charge in [-0.2, -0.15) is 0 Å². The highest BCUT2D eigenvalue weighted by Crippen LogP contribution is 2.60. The molecule has 192 valence electrons. The Bertz CT molecular complexity index is 1410. The molecule has 0 unspecified atom stereocenters. The molecular formula is C25H20Cl3N3O5S. The van der Waals surface area contributed by atoms with Crippen molar-refractivity contribution in [1.82, 2.24) is 0 Å². The highest BCUT2D eigenvalue weighted by Gasteiger charge is 2.52. The molecule has 0 bridgehead atoms. The second-order valence-electron chi connectivity index (χ2n) is 8.89. The van der Waals surface area contributed by atoms with Crippen molar-refractivity contribution in [1.29, 1.82) is 0 Å². The number of ether oxygens (including phenoxy) is 1. The number of methoxy groups -OCH3 is 1. The van der Waals surface area contributed by atoms with E-state index in [0.717, 1.165) is 5.56 Å². The summed E-state index contributed by atoms with van der Waals surface area (Å²) in [6.45, 7) is 0. The van der Waals surface area contributed by atoms with Crippen LogP contribution in [-0.4, -0.2) is 27.6 Å². The van der Waals surface area contributed by atoms with Gasteiger partial charge in [0.2, 0.25) is 0 Å². The lowest BCUT2D eigenvalue weighted by atomic mass is 9.77. The van der Waals surface area contributed by atoms with Gasteiger partial charge in [0.05, 0.1) is 55.1 Å². The molecule has 2 aliphatic rings. The van der Waals surface area contributed by atoms with Gasteiger partial charge in [0.15, 0.2) is 0 Å². The summed E-state index contributed by atoms with van der Waals surface area (Å²) in [6.07, 6.45) is 0.584. The van der Waals surface area contributed by atoms with Crippen LogP contribution in [0.1, 0.15) is 29.5 Å². The van der Waals surface area contributed by atoms with Gasteiger partial charge in [-0.05, 0) is 35.6 Å². The standard InChI is InChI=1S/C25H20Cl3N3O5S/c1-36-18-10-12(30(32)33)9-14-21-15(24(29-25(14)18)13-5-4-6-16(26)22(13)27)11-20(23(21)28)37-19-8-3-2-7-17(19)31(34)35/h2-10,15,20-21,23-24,29H,11H2,1H3/t15-,20+,21+,23+,24-/m1/s1. The van der Waals surface area contributed by atoms with E-state index in [1.54, 1.807) is 24.3 Å². The van der Waals surface area contributed by atoms with Crippen molar-refractivity contribution in [2.24, 2.45) is 5.92 Å². The van der Waals surface area contributed by atoms with Gasteiger partial charge in [0.1, 0.15) is 5.75 Å². The predicted octanol–water partition coefficient (Wildman–Crippen LogP) is 7.86. The van der Waals surface area contributed by atoms with E-state index in [-0.39, 0.29) is 34.5 Å². The van der Waals surface area contributed by atoms with Gasteiger partial charge < -0.3 is 10.1 Å². The zero-order valence-electron chi connectivity index (χ0n) is 19.3. The molecule has 3 aromatic rings. The van der Waals surface area contributed by atoms with Crippen molar-refractivity contribution in [2.75, 3.05) is 12.4 Å². The number of anilines is 1. The number of thioether (sulfide) groups is 1. The van der Waals surface area contributed by atoms with E-state index in [1.807, 2.05) is 12.1 Å². The summed E-state index contributed by atoms with van der Waals surface area (Å²) < 4.78 is 5.54. The Kier molecular flexibility index (Phi) is 7.15. The lowest BCUT2D eigenvalue weighted by Crippen LogP contribution is -2.31. The maximum Gasteiger partial charge on any atom is 0.282 e. The number of nitro groups is 2. The van der Waals surface area contributed by atoms with E-state index in [0.29, 0.717) is 38.4 Å². The third-order valence-electron chi connectivity index (χ3n) is 6.96. The number of non-ortho nitro benzene ring substituents is 1. The molecule has 1 N–H and O–H groups in total. The third-order valence-corrected chi connectivity index (χ3v) is 9.90. The second kappa shape index (κ2) is 10.2. The largest absolute Gasteiger partial charge is 0.494 e. The second-order valence-corrected chi connectivity index (χ2v) is 11.5. The molecule has 1 heterocycles. The molecule has 37 heavy (non-hydrogen) atoms. The number of halogens is 3. The van der Waals surface area contributed by atoms with Crippen LogP contribution >= 0.6 is 46.6 Å². The van der Waals surface area contributed by atoms with Crippen molar-refractivity contribution in [3.8, 4) is 5.75 Å². The fraction of sp³-hybridized carbons (Fsp3) is 0.280. The quantitative estimate of drug-likeness (QED) is 0.180. The first-order valence-corrected chi connectivity index (χ1v) is 13.4. The first-order valence-electron chi connectivity index (χ1n) is 11.3. The van der Waals surface area contributed by atoms with E-state index in [1.165, 1.54) is 37.1 Å². The van der Waals surface area contributed by atoms with Crippen LogP contribution in [0.15, 0.2) is 59.5 Å². The zero-order valence-corrected chi connectivity index (χ0v) is 22.4. The number of fused-ring (bicyclic) bond motifs is 3. The number of para-hydroxylation sites is 1. The molecule has 8 nitrogen and oxygen atoms in total. The molecule has 0 aromatic heterocycles. The van der Waals surface area contributed by atoms with Crippen LogP contribution in [0.4, 0.5) is 17.1 Å². The van der Waals surface area contributed by atoms with Crippen molar-refractivity contribution in [3.63, 3.8) is 0 Å². The maximum atomic E-state index is 11.7. The van der Waals surface area contributed by atoms with Crippen LogP contribution in [0.3, 0.4) is 0 Å². The van der Waals surface area contributed by atoms with Gasteiger partial charge >= 0.3 is 0 Å². The molecule has 5 atom stereocenters. The molecule has 1 fully saturated rings. The molecule has 3 aromatic carbocycles. The number of nitro benzene ring substituents is 2. The summed E-state index contributed by atoms with van der Waals surface area (Å²) in [5.41, 5.74) is 1.97. The number of nitrogens with zero attached hydrogens (tertiary/aromatic N) is 2. The number of rotatable bonds is 6. The fourth-order valence-corrected chi connectivity index (χ4v) is 7.75. The molecule has 0 radical (unpaired) electrons. The lowest BCUT2D eigenvalue weighted by Gasteiger charge is -2.39. The number of hydrogen-bond donors (Lipinski definition) is 1.